The maximum Gasteiger partial charge on any atom is 0.419 e. The molecule has 3 nitrogen and oxygen atoms in total. The highest BCUT2D eigenvalue weighted by Gasteiger charge is 2.05. The van der Waals surface area contributed by atoms with Crippen LogP contribution in [0.25, 0.3) is 11.1 Å². The summed E-state index contributed by atoms with van der Waals surface area (Å²) in [4.78, 5) is 11.1. The Hall–Kier alpha value is -1.45. The number of benzene rings is 1. The van der Waals surface area contributed by atoms with Crippen LogP contribution in [0.15, 0.2) is 27.4 Å². The van der Waals surface area contributed by atoms with Crippen LogP contribution in [0.4, 0.5) is 0 Å². The average molecular weight is 161 g/mol. The van der Waals surface area contributed by atoms with Crippen molar-refractivity contribution in [2.75, 3.05) is 0 Å². The van der Waals surface area contributed by atoms with E-state index in [-0.39, 0.29) is 5.76 Å². The van der Waals surface area contributed by atoms with Crippen LogP contribution in [-0.4, -0.2) is 12.4 Å². The van der Waals surface area contributed by atoms with Gasteiger partial charge in [0.2, 0.25) is 0 Å². The summed E-state index contributed by atoms with van der Waals surface area (Å²) < 4.78 is 6.54. The molecule has 0 aliphatic carbocycles. The van der Waals surface area contributed by atoms with Gasteiger partial charge in [-0.25, -0.2) is 4.79 Å². The Balaban J connectivity index is 3.05. The molecular formula is C8H8BNO2. The number of hydrogen-bond acceptors (Lipinski definition) is 2. The van der Waals surface area contributed by atoms with Crippen LogP contribution in [-0.2, 0) is 7.05 Å². The molecule has 0 saturated heterocycles. The summed E-state index contributed by atoms with van der Waals surface area (Å²) >= 11 is 0. The lowest BCUT2D eigenvalue weighted by atomic mass is 9.95. The maximum absolute atomic E-state index is 11.1. The molecule has 1 aromatic carbocycles. The van der Waals surface area contributed by atoms with Gasteiger partial charge in [0.15, 0.2) is 0 Å². The van der Waals surface area contributed by atoms with Gasteiger partial charge in [0.25, 0.3) is 0 Å². The van der Waals surface area contributed by atoms with Crippen molar-refractivity contribution in [2.45, 2.75) is 0 Å². The third-order valence-corrected chi connectivity index (χ3v) is 2.02. The molecule has 0 radical (unpaired) electrons. The van der Waals surface area contributed by atoms with Gasteiger partial charge in [-0.1, -0.05) is 12.1 Å². The van der Waals surface area contributed by atoms with Crippen LogP contribution < -0.4 is 11.2 Å². The minimum Gasteiger partial charge on any atom is -0.408 e. The molecule has 12 heavy (non-hydrogen) atoms. The number of hydrogen-bond donors (Lipinski definition) is 0. The van der Waals surface area contributed by atoms with Gasteiger partial charge in [-0.2, -0.15) is 0 Å². The normalized spacial score (nSPS) is 10.8. The van der Waals surface area contributed by atoms with Crippen molar-refractivity contribution in [1.29, 1.82) is 0 Å². The van der Waals surface area contributed by atoms with Crippen LogP contribution in [0.3, 0.4) is 0 Å². The van der Waals surface area contributed by atoms with Gasteiger partial charge in [0.1, 0.15) is 13.4 Å². The first-order valence-corrected chi connectivity index (χ1v) is 3.75. The van der Waals surface area contributed by atoms with E-state index in [2.05, 4.69) is 0 Å². The summed E-state index contributed by atoms with van der Waals surface area (Å²) in [6, 6.07) is 5.70. The molecule has 60 valence electrons. The zero-order valence-corrected chi connectivity index (χ0v) is 7.00. The maximum atomic E-state index is 11.1. The number of aromatic nitrogens is 1. The standard InChI is InChI=1S/C8H8BNO2/c1-10-6-4-2-3-5(9)7(6)12-8(10)11/h2-4H,9H2,1H3. The van der Waals surface area contributed by atoms with Gasteiger partial charge in [-0.3, -0.25) is 4.57 Å². The van der Waals surface area contributed by atoms with E-state index in [9.17, 15) is 4.79 Å². The van der Waals surface area contributed by atoms with E-state index in [0.717, 1.165) is 11.0 Å². The van der Waals surface area contributed by atoms with E-state index in [1.54, 1.807) is 7.05 Å². The smallest absolute Gasteiger partial charge is 0.408 e. The molecule has 1 aromatic heterocycles. The minimum atomic E-state index is -0.306. The molecule has 0 aliphatic heterocycles. The Kier molecular flexibility index (Phi) is 1.36. The van der Waals surface area contributed by atoms with Crippen molar-refractivity contribution >= 4 is 24.4 Å². The summed E-state index contributed by atoms with van der Waals surface area (Å²) in [7, 11) is 3.62. The second-order valence-corrected chi connectivity index (χ2v) is 2.85. The quantitative estimate of drug-likeness (QED) is 0.483. The van der Waals surface area contributed by atoms with Crippen LogP contribution in [0.1, 0.15) is 0 Å². The Morgan fingerprint density at radius 3 is 2.92 bits per heavy atom. The van der Waals surface area contributed by atoms with E-state index >= 15 is 0 Å². The number of oxazole rings is 1. The largest absolute Gasteiger partial charge is 0.419 e. The number of fused-ring (bicyclic) bond motifs is 1. The van der Waals surface area contributed by atoms with Gasteiger partial charge in [0, 0.05) is 7.05 Å². The lowest BCUT2D eigenvalue weighted by Crippen LogP contribution is -2.08. The molecule has 0 saturated carbocycles. The third kappa shape index (κ3) is 0.810. The van der Waals surface area contributed by atoms with Crippen molar-refractivity contribution in [3.8, 4) is 0 Å². The van der Waals surface area contributed by atoms with Gasteiger partial charge < -0.3 is 4.42 Å². The van der Waals surface area contributed by atoms with Gasteiger partial charge >= 0.3 is 5.76 Å². The first-order chi connectivity index (χ1) is 5.70. The van der Waals surface area contributed by atoms with E-state index in [1.165, 1.54) is 4.57 Å². The Labute approximate surface area is 70.0 Å². The molecular weight excluding hydrogens is 153 g/mol. The third-order valence-electron chi connectivity index (χ3n) is 2.02. The summed E-state index contributed by atoms with van der Waals surface area (Å²) in [5.41, 5.74) is 2.52. The predicted molar refractivity (Wildman–Crippen MR) is 49.6 cm³/mol. The van der Waals surface area contributed by atoms with Crippen LogP contribution in [0, 0.1) is 0 Å². The fourth-order valence-electron chi connectivity index (χ4n) is 1.29. The lowest BCUT2D eigenvalue weighted by Gasteiger charge is -1.92. The molecule has 0 aliphatic rings. The molecule has 0 N–H and O–H groups in total. The van der Waals surface area contributed by atoms with Crippen molar-refractivity contribution < 1.29 is 4.42 Å². The number of rotatable bonds is 0. The molecule has 0 atom stereocenters. The van der Waals surface area contributed by atoms with Crippen molar-refractivity contribution in [1.82, 2.24) is 4.57 Å². The molecule has 2 aromatic rings. The summed E-state index contributed by atoms with van der Waals surface area (Å²) in [5.74, 6) is -0.306. The first kappa shape index (κ1) is 7.22. The van der Waals surface area contributed by atoms with Crippen molar-refractivity contribution in [3.63, 3.8) is 0 Å². The monoisotopic (exact) mass is 161 g/mol. The molecule has 1 heterocycles. The summed E-state index contributed by atoms with van der Waals surface area (Å²) in [6.07, 6.45) is 0. The molecule has 2 rings (SSSR count). The summed E-state index contributed by atoms with van der Waals surface area (Å²) in [5, 5.41) is 0. The highest BCUT2D eigenvalue weighted by molar-refractivity contribution is 6.37. The zero-order valence-electron chi connectivity index (χ0n) is 7.00. The van der Waals surface area contributed by atoms with Crippen LogP contribution >= 0.6 is 0 Å². The predicted octanol–water partition coefficient (Wildman–Crippen LogP) is -0.610. The second kappa shape index (κ2) is 2.27. The SMILES string of the molecule is Bc1cccc2c1oc(=O)n2C. The highest BCUT2D eigenvalue weighted by Crippen LogP contribution is 2.06. The second-order valence-electron chi connectivity index (χ2n) is 2.85. The first-order valence-electron chi connectivity index (χ1n) is 3.75. The van der Waals surface area contributed by atoms with Crippen LogP contribution in [0.5, 0.6) is 0 Å². The molecule has 4 heteroatoms. The highest BCUT2D eigenvalue weighted by atomic mass is 16.4. The van der Waals surface area contributed by atoms with Crippen LogP contribution in [0.2, 0.25) is 0 Å². The topological polar surface area (TPSA) is 35.1 Å². The summed E-state index contributed by atoms with van der Waals surface area (Å²) in [6.45, 7) is 0. The number of nitrogens with zero attached hydrogens (tertiary/aromatic N) is 1. The van der Waals surface area contributed by atoms with Crippen molar-refractivity contribution in [3.05, 3.63) is 28.7 Å². The zero-order chi connectivity index (χ0) is 8.72. The number of para-hydroxylation sites is 1. The van der Waals surface area contributed by atoms with Gasteiger partial charge in [0.05, 0.1) is 5.52 Å². The molecule has 0 fully saturated rings. The van der Waals surface area contributed by atoms with E-state index in [1.807, 2.05) is 26.0 Å². The Morgan fingerprint density at radius 2 is 2.25 bits per heavy atom. The fourth-order valence-corrected chi connectivity index (χ4v) is 1.29. The molecule has 0 bridgehead atoms. The molecule has 0 amide bonds. The average Bonchev–Trinajstić information content (AvgIpc) is 2.32. The van der Waals surface area contributed by atoms with E-state index in [4.69, 9.17) is 4.42 Å². The van der Waals surface area contributed by atoms with E-state index < -0.39 is 0 Å². The molecule has 0 spiro atoms. The van der Waals surface area contributed by atoms with Gasteiger partial charge in [-0.05, 0) is 11.5 Å². The minimum absolute atomic E-state index is 0.306. The molecule has 0 unspecified atom stereocenters. The Bertz CT molecular complexity index is 483. The Morgan fingerprint density at radius 1 is 1.50 bits per heavy atom. The van der Waals surface area contributed by atoms with E-state index in [0.29, 0.717) is 5.58 Å². The lowest BCUT2D eigenvalue weighted by molar-refractivity contribution is 0.529. The van der Waals surface area contributed by atoms with Gasteiger partial charge in [-0.15, -0.1) is 0 Å². The number of aryl methyl sites for hydroxylation is 1. The fraction of sp³-hybridized carbons (Fsp3) is 0.125. The van der Waals surface area contributed by atoms with Crippen molar-refractivity contribution in [2.24, 2.45) is 7.05 Å².